The molecule has 1 unspecified atom stereocenters. The molecule has 3 atom stereocenters. The topological polar surface area (TPSA) is 356 Å². The fourth-order valence-electron chi connectivity index (χ4n) is 13.0. The van der Waals surface area contributed by atoms with Crippen LogP contribution in [0.5, 0.6) is 11.5 Å². The first-order valence-electron chi connectivity index (χ1n) is 35.1. The van der Waals surface area contributed by atoms with Gasteiger partial charge in [0.1, 0.15) is 11.5 Å². The van der Waals surface area contributed by atoms with Gasteiger partial charge in [-0.25, -0.2) is 33.7 Å². The highest BCUT2D eigenvalue weighted by molar-refractivity contribution is 7.93. The van der Waals surface area contributed by atoms with Gasteiger partial charge in [0.2, 0.25) is 40.1 Å². The van der Waals surface area contributed by atoms with E-state index in [2.05, 4.69) is 31.9 Å². The predicted molar refractivity (Wildman–Crippen MR) is 416 cm³/mol. The highest BCUT2D eigenvalue weighted by atomic mass is 32.2. The molecule has 0 radical (unpaired) electrons. The van der Waals surface area contributed by atoms with Crippen LogP contribution in [0.4, 0.5) is 68.2 Å². The Balaban J connectivity index is 0.000000146. The Morgan fingerprint density at radius 2 is 0.857 bits per heavy atom. The number of anilines is 12. The summed E-state index contributed by atoms with van der Waals surface area (Å²) in [6, 6.07) is 34.1. The van der Waals surface area contributed by atoms with Gasteiger partial charge in [-0.05, 0) is 131 Å². The van der Waals surface area contributed by atoms with Crippen LogP contribution in [0.2, 0.25) is 0 Å². The standard InChI is InChI=1S/C13H18N2O3.2C12H16N2O3S.2C12H18N2O3S.C11H14N2O2/c1-3-15-10-8-9(14-2)4-5-11(10)18-12(6-7-16)13(15)17;2*1-13-11-3-2-4-12-10(11)5-6-18(15,16)14(12)7-9-8-17-9;1-13-11-4-3-5-12-10(11)6-9-18(15,16)14(12)7-8-17-2;1-13-11-4-2-5-12-10(11)6-9-18(16,17)14(12)7-3-8-15;1-3-13-9-6-8(12-2)4-5-10(9)15-7-11(13)14/h4-5,8,12,14,16H,3,6-7H2,1-2H3;2*2-4,9,13H,5-8H2,1H3;3-5,13H,6-9H2,1-2H3;2,4-5,13,15H,3,6-9H2,1H3;4-6,12H,3,7H2,1-2H3/t;2*9-;;;/m.10.../s1. The van der Waals surface area contributed by atoms with Gasteiger partial charge in [0.15, 0.2) is 12.7 Å². The number of epoxide rings is 2. The van der Waals surface area contributed by atoms with E-state index in [9.17, 15) is 43.3 Å². The van der Waals surface area contributed by atoms with E-state index in [1.54, 1.807) is 16.9 Å². The number of carbonyl (C=O) groups excluding carboxylic acids is 2. The first-order valence-corrected chi connectivity index (χ1v) is 41.5. The Kier molecular flexibility index (Phi) is 27.7. The van der Waals surface area contributed by atoms with E-state index in [0.29, 0.717) is 103 Å². The maximum atomic E-state index is 12.2. The van der Waals surface area contributed by atoms with Crippen LogP contribution in [0.15, 0.2) is 109 Å². The number of nitrogens with zero attached hydrogens (tertiary/aromatic N) is 6. The van der Waals surface area contributed by atoms with Crippen LogP contribution in [0.25, 0.3) is 0 Å². The van der Waals surface area contributed by atoms with Crippen molar-refractivity contribution in [3.8, 4) is 11.5 Å². The Morgan fingerprint density at radius 3 is 1.22 bits per heavy atom. The number of fused-ring (bicyclic) bond motifs is 6. The number of ether oxygens (including phenoxy) is 5. The second-order valence-corrected chi connectivity index (χ2v) is 33.2. The van der Waals surface area contributed by atoms with Crippen LogP contribution in [-0.2, 0) is 89.6 Å². The van der Waals surface area contributed by atoms with Gasteiger partial charge in [-0.2, -0.15) is 0 Å². The molecule has 8 aliphatic rings. The van der Waals surface area contributed by atoms with E-state index in [1.165, 1.54) is 17.2 Å². The number of benzene rings is 6. The number of carbonyl (C=O) groups is 2. The molecule has 8 heterocycles. The summed E-state index contributed by atoms with van der Waals surface area (Å²) in [6.07, 6.45) is 2.52. The zero-order valence-corrected chi connectivity index (χ0v) is 64.3. The van der Waals surface area contributed by atoms with E-state index in [0.717, 1.165) is 96.3 Å². The second kappa shape index (κ2) is 36.2. The van der Waals surface area contributed by atoms with E-state index in [1.807, 2.05) is 165 Å². The monoisotopic (exact) mass is 1530 g/mol. The average Bonchev–Trinajstić information content (AvgIpc) is 1.61. The molecule has 2 amide bonds. The SMILES string of the molecule is CCN1C(=O)C(CCO)Oc2ccc(NC)cc21.CCN1C(=O)COc2ccc(NC)cc21.CNc1cccc2c1CCS(=O)(=O)N2CCCO.CNc1cccc2c1CCS(=O)(=O)N2CCOC.CNc1cccc2c1CCS(=O)(=O)N2C[C@@H]1CO1.CNc1cccc2c1CCS(=O)(=O)N2C[C@H]1CO1. The molecule has 29 nitrogen and oxygen atoms in total. The van der Waals surface area contributed by atoms with Gasteiger partial charge in [-0.1, -0.05) is 24.3 Å². The Labute approximate surface area is 617 Å². The number of rotatable bonds is 20. The quantitative estimate of drug-likeness (QED) is 0.0394. The molecule has 0 aromatic heterocycles. The van der Waals surface area contributed by atoms with Crippen LogP contribution in [0.1, 0.15) is 48.9 Å². The molecule has 105 heavy (non-hydrogen) atoms. The van der Waals surface area contributed by atoms with Crippen molar-refractivity contribution in [3.63, 3.8) is 0 Å². The summed E-state index contributed by atoms with van der Waals surface area (Å²) in [5.41, 5.74) is 14.9. The zero-order valence-electron chi connectivity index (χ0n) is 61.0. The lowest BCUT2D eigenvalue weighted by molar-refractivity contribution is -0.127. The molecule has 574 valence electrons. The summed E-state index contributed by atoms with van der Waals surface area (Å²) >= 11 is 0. The third-order valence-corrected chi connectivity index (χ3v) is 25.7. The Bertz CT molecular complexity index is 4270. The largest absolute Gasteiger partial charge is 0.482 e. The lowest BCUT2D eigenvalue weighted by atomic mass is 10.1. The molecule has 33 heteroatoms. The van der Waals surface area contributed by atoms with Crippen molar-refractivity contribution in [3.05, 3.63) is 131 Å². The number of likely N-dealkylation sites (N-methyl/N-ethyl adjacent to an activating group) is 2. The number of hydrogen-bond donors (Lipinski definition) is 8. The molecule has 8 aliphatic heterocycles. The molecule has 6 aromatic carbocycles. The van der Waals surface area contributed by atoms with Gasteiger partial charge < -0.3 is 75.6 Å². The molecular weight excluding hydrogens is 1430 g/mol. The van der Waals surface area contributed by atoms with Crippen LogP contribution >= 0.6 is 0 Å². The molecule has 2 fully saturated rings. The fraction of sp³-hybridized carbons (Fsp3) is 0.472. The van der Waals surface area contributed by atoms with Crippen LogP contribution in [0.3, 0.4) is 0 Å². The van der Waals surface area contributed by atoms with Crippen molar-refractivity contribution in [2.45, 2.75) is 70.7 Å². The van der Waals surface area contributed by atoms with Crippen LogP contribution in [0, 0.1) is 0 Å². The Morgan fingerprint density at radius 1 is 0.476 bits per heavy atom. The van der Waals surface area contributed by atoms with Crippen molar-refractivity contribution >= 4 is 120 Å². The summed E-state index contributed by atoms with van der Waals surface area (Å²) in [7, 11) is -0.194. The number of aliphatic hydroxyl groups excluding tert-OH is 2. The lowest BCUT2D eigenvalue weighted by Crippen LogP contribution is -2.46. The van der Waals surface area contributed by atoms with Gasteiger partial charge in [0.25, 0.3) is 11.8 Å². The first-order chi connectivity index (χ1) is 50.4. The van der Waals surface area contributed by atoms with Crippen LogP contribution < -0.4 is 68.4 Å². The summed E-state index contributed by atoms with van der Waals surface area (Å²) in [5, 5.41) is 36.4. The van der Waals surface area contributed by atoms with E-state index in [-0.39, 0.29) is 66.9 Å². The van der Waals surface area contributed by atoms with Crippen molar-refractivity contribution in [1.82, 2.24) is 0 Å². The normalized spacial score (nSPS) is 19.6. The Hall–Kier alpha value is -8.54. The maximum absolute atomic E-state index is 12.2. The summed E-state index contributed by atoms with van der Waals surface area (Å²) in [6.45, 7) is 8.48. The lowest BCUT2D eigenvalue weighted by Gasteiger charge is -2.33. The third kappa shape index (κ3) is 19.4. The van der Waals surface area contributed by atoms with Crippen molar-refractivity contribution in [1.29, 1.82) is 0 Å². The van der Waals surface area contributed by atoms with E-state index in [4.69, 9.17) is 33.9 Å². The number of sulfonamides is 4. The minimum atomic E-state index is -3.24. The molecule has 0 bridgehead atoms. The van der Waals surface area contributed by atoms with Crippen molar-refractivity contribution < 1.29 is 77.2 Å². The molecule has 0 saturated carbocycles. The number of nitrogens with one attached hydrogen (secondary N) is 6. The molecule has 6 aromatic rings. The third-order valence-electron chi connectivity index (χ3n) is 18.7. The first kappa shape index (κ1) is 80.6. The maximum Gasteiger partial charge on any atom is 0.268 e. The van der Waals surface area contributed by atoms with Gasteiger partial charge in [-0.3, -0.25) is 26.8 Å². The average molecular weight is 1530 g/mol. The summed E-state index contributed by atoms with van der Waals surface area (Å²) in [4.78, 5) is 27.2. The van der Waals surface area contributed by atoms with E-state index < -0.39 is 46.2 Å². The van der Waals surface area contributed by atoms with Gasteiger partial charge in [-0.15, -0.1) is 0 Å². The number of methoxy groups -OCH3 is 1. The minimum Gasteiger partial charge on any atom is -0.482 e. The van der Waals surface area contributed by atoms with Crippen molar-refractivity contribution in [2.75, 3.05) is 210 Å². The summed E-state index contributed by atoms with van der Waals surface area (Å²) < 4.78 is 129. The smallest absolute Gasteiger partial charge is 0.268 e. The second-order valence-electron chi connectivity index (χ2n) is 25.2. The highest BCUT2D eigenvalue weighted by Crippen LogP contribution is 2.41. The number of aliphatic hydroxyl groups is 2. The zero-order chi connectivity index (χ0) is 75.8. The minimum absolute atomic E-state index is 0.00687. The van der Waals surface area contributed by atoms with Gasteiger partial charge >= 0.3 is 0 Å². The van der Waals surface area contributed by atoms with Crippen LogP contribution in [-0.4, -0.2) is 225 Å². The molecular formula is C72H100N12O17S4. The molecule has 8 N–H and O–H groups in total. The highest BCUT2D eigenvalue weighted by Gasteiger charge is 2.39. The van der Waals surface area contributed by atoms with Gasteiger partial charge in [0.05, 0.1) is 109 Å². The van der Waals surface area contributed by atoms with Crippen molar-refractivity contribution in [2.24, 2.45) is 0 Å². The van der Waals surface area contributed by atoms with Gasteiger partial charge in [0, 0.05) is 145 Å². The summed E-state index contributed by atoms with van der Waals surface area (Å²) in [5.74, 6) is 2.01. The number of hydrogen-bond acceptors (Lipinski definition) is 23. The fourth-order valence-corrected chi connectivity index (χ4v) is 19.2. The molecule has 0 aliphatic carbocycles. The molecule has 0 spiro atoms. The number of amides is 2. The van der Waals surface area contributed by atoms with E-state index >= 15 is 0 Å². The molecule has 14 rings (SSSR count). The molecule has 2 saturated heterocycles. The predicted octanol–water partition coefficient (Wildman–Crippen LogP) is 6.21.